The summed E-state index contributed by atoms with van der Waals surface area (Å²) >= 11 is 0. The van der Waals surface area contributed by atoms with Crippen molar-refractivity contribution in [1.29, 1.82) is 0 Å². The Hall–Kier alpha value is -3.16. The molecule has 2 N–H and O–H groups in total. The molecule has 8 heteroatoms. The van der Waals surface area contributed by atoms with Gasteiger partial charge in [-0.2, -0.15) is 0 Å². The second kappa shape index (κ2) is 5.48. The maximum absolute atomic E-state index is 12.5. The number of hydrogen-bond acceptors (Lipinski definition) is 5. The summed E-state index contributed by atoms with van der Waals surface area (Å²) in [6.07, 6.45) is 3.66. The number of nitrogens with zero attached hydrogens (tertiary/aromatic N) is 3. The van der Waals surface area contributed by atoms with Crippen molar-refractivity contribution in [2.24, 2.45) is 0 Å². The van der Waals surface area contributed by atoms with Crippen molar-refractivity contribution in [3.8, 4) is 0 Å². The molecule has 1 aliphatic rings. The van der Waals surface area contributed by atoms with E-state index in [0.717, 1.165) is 12.8 Å². The van der Waals surface area contributed by atoms with Gasteiger partial charge in [-0.1, -0.05) is 11.2 Å². The molecular weight excluding hydrogens is 310 g/mol. The molecule has 24 heavy (non-hydrogen) atoms. The summed E-state index contributed by atoms with van der Waals surface area (Å²) in [5.74, 6) is 0.275. The zero-order chi connectivity index (χ0) is 16.7. The first-order valence-corrected chi connectivity index (χ1v) is 7.64. The quantitative estimate of drug-likeness (QED) is 0.761. The zero-order valence-corrected chi connectivity index (χ0v) is 12.9. The normalized spacial score (nSPS) is 13.9. The number of anilines is 1. The van der Waals surface area contributed by atoms with Crippen LogP contribution in [0.15, 0.2) is 35.0 Å². The van der Waals surface area contributed by atoms with Gasteiger partial charge in [-0.05, 0) is 31.9 Å². The van der Waals surface area contributed by atoms with Crippen LogP contribution in [0, 0.1) is 6.92 Å². The number of carbonyl (C=O) groups is 2. The minimum Gasteiger partial charge on any atom is -0.360 e. The van der Waals surface area contributed by atoms with Gasteiger partial charge in [0.05, 0.1) is 5.52 Å². The lowest BCUT2D eigenvalue weighted by atomic mass is 10.3. The predicted molar refractivity (Wildman–Crippen MR) is 84.9 cm³/mol. The predicted octanol–water partition coefficient (Wildman–Crippen LogP) is 1.78. The number of carbonyl (C=O) groups excluding carboxylic acids is 2. The van der Waals surface area contributed by atoms with Crippen LogP contribution in [0.4, 0.5) is 5.82 Å². The first-order chi connectivity index (χ1) is 11.6. The fourth-order valence-electron chi connectivity index (χ4n) is 2.44. The average molecular weight is 325 g/mol. The third-order valence-corrected chi connectivity index (χ3v) is 3.75. The molecule has 0 radical (unpaired) electrons. The standard InChI is InChI=1S/C16H15N5O3/c1-9-8-12(20-24-9)18-16(23)14-19-13(15(22)17-10-5-6-10)11-4-2-3-7-21(11)14/h2-4,7-8,10H,5-6H2,1H3,(H,17,22)(H,18,20,23). The summed E-state index contributed by atoms with van der Waals surface area (Å²) in [5.41, 5.74) is 0.820. The molecule has 3 aromatic heterocycles. The van der Waals surface area contributed by atoms with E-state index in [1.807, 2.05) is 0 Å². The number of rotatable bonds is 4. The van der Waals surface area contributed by atoms with Crippen LogP contribution in [0.25, 0.3) is 5.52 Å². The van der Waals surface area contributed by atoms with Gasteiger partial charge >= 0.3 is 0 Å². The first-order valence-electron chi connectivity index (χ1n) is 7.64. The minimum absolute atomic E-state index is 0.118. The Kier molecular flexibility index (Phi) is 3.30. The van der Waals surface area contributed by atoms with E-state index in [2.05, 4.69) is 20.8 Å². The Morgan fingerprint density at radius 1 is 1.29 bits per heavy atom. The molecule has 1 fully saturated rings. The monoisotopic (exact) mass is 325 g/mol. The molecule has 0 atom stereocenters. The van der Waals surface area contributed by atoms with E-state index < -0.39 is 5.91 Å². The third-order valence-electron chi connectivity index (χ3n) is 3.75. The topological polar surface area (TPSA) is 102 Å². The van der Waals surface area contributed by atoms with Gasteiger partial charge in [0, 0.05) is 18.3 Å². The number of aromatic nitrogens is 3. The van der Waals surface area contributed by atoms with Gasteiger partial charge in [-0.15, -0.1) is 0 Å². The molecule has 0 saturated heterocycles. The molecule has 2 amide bonds. The van der Waals surface area contributed by atoms with E-state index in [1.54, 1.807) is 41.8 Å². The van der Waals surface area contributed by atoms with E-state index in [0.29, 0.717) is 17.1 Å². The molecule has 3 aromatic rings. The highest BCUT2D eigenvalue weighted by atomic mass is 16.5. The van der Waals surface area contributed by atoms with Crippen molar-refractivity contribution >= 4 is 23.1 Å². The molecule has 3 heterocycles. The highest BCUT2D eigenvalue weighted by Crippen LogP contribution is 2.21. The highest BCUT2D eigenvalue weighted by molar-refractivity contribution is 6.05. The Bertz CT molecular complexity index is 938. The summed E-state index contributed by atoms with van der Waals surface area (Å²) in [6.45, 7) is 1.73. The van der Waals surface area contributed by atoms with Crippen LogP contribution in [-0.4, -0.2) is 32.4 Å². The maximum atomic E-state index is 12.5. The lowest BCUT2D eigenvalue weighted by Crippen LogP contribution is -2.26. The number of fused-ring (bicyclic) bond motifs is 1. The van der Waals surface area contributed by atoms with Gasteiger partial charge in [0.25, 0.3) is 11.8 Å². The molecule has 0 aromatic carbocycles. The van der Waals surface area contributed by atoms with Gasteiger partial charge in [0.2, 0.25) is 5.82 Å². The second-order valence-electron chi connectivity index (χ2n) is 5.76. The van der Waals surface area contributed by atoms with Gasteiger partial charge in [-0.3, -0.25) is 14.0 Å². The molecule has 4 rings (SSSR count). The fraction of sp³-hybridized carbons (Fsp3) is 0.250. The molecule has 0 unspecified atom stereocenters. The van der Waals surface area contributed by atoms with Crippen LogP contribution < -0.4 is 10.6 Å². The number of amides is 2. The average Bonchev–Trinajstić information content (AvgIpc) is 3.15. The Morgan fingerprint density at radius 3 is 2.83 bits per heavy atom. The fourth-order valence-corrected chi connectivity index (χ4v) is 2.44. The van der Waals surface area contributed by atoms with Crippen molar-refractivity contribution in [1.82, 2.24) is 19.9 Å². The maximum Gasteiger partial charge on any atom is 0.293 e. The molecule has 0 spiro atoms. The van der Waals surface area contributed by atoms with E-state index >= 15 is 0 Å². The lowest BCUT2D eigenvalue weighted by molar-refractivity contribution is 0.0948. The molecule has 1 aliphatic carbocycles. The molecule has 1 saturated carbocycles. The summed E-state index contributed by atoms with van der Waals surface area (Å²) < 4.78 is 6.51. The van der Waals surface area contributed by atoms with E-state index in [9.17, 15) is 9.59 Å². The van der Waals surface area contributed by atoms with Gasteiger partial charge in [0.1, 0.15) is 5.76 Å². The van der Waals surface area contributed by atoms with Gasteiger partial charge in [0.15, 0.2) is 11.5 Å². The third kappa shape index (κ3) is 2.62. The molecule has 0 aliphatic heterocycles. The smallest absolute Gasteiger partial charge is 0.293 e. The number of pyridine rings is 1. The number of hydrogen-bond donors (Lipinski definition) is 2. The van der Waals surface area contributed by atoms with Crippen LogP contribution in [0.2, 0.25) is 0 Å². The summed E-state index contributed by atoms with van der Waals surface area (Å²) in [7, 11) is 0. The molecular formula is C16H15N5O3. The Morgan fingerprint density at radius 2 is 2.12 bits per heavy atom. The van der Waals surface area contributed by atoms with Crippen molar-refractivity contribution in [2.75, 3.05) is 5.32 Å². The Labute approximate surface area is 136 Å². The van der Waals surface area contributed by atoms with E-state index in [4.69, 9.17) is 4.52 Å². The summed E-state index contributed by atoms with van der Waals surface area (Å²) in [5, 5.41) is 9.24. The van der Waals surface area contributed by atoms with Crippen molar-refractivity contribution in [3.05, 3.63) is 47.7 Å². The number of imidazole rings is 1. The highest BCUT2D eigenvalue weighted by Gasteiger charge is 2.27. The largest absolute Gasteiger partial charge is 0.360 e. The van der Waals surface area contributed by atoms with Crippen molar-refractivity contribution < 1.29 is 14.1 Å². The van der Waals surface area contributed by atoms with Crippen molar-refractivity contribution in [3.63, 3.8) is 0 Å². The SMILES string of the molecule is Cc1cc(NC(=O)c2nc(C(=O)NC3CC3)c3ccccn23)no1. The van der Waals surface area contributed by atoms with Gasteiger partial charge < -0.3 is 15.2 Å². The molecule has 0 bridgehead atoms. The van der Waals surface area contributed by atoms with E-state index in [-0.39, 0.29) is 23.5 Å². The minimum atomic E-state index is -0.463. The number of nitrogens with one attached hydrogen (secondary N) is 2. The van der Waals surface area contributed by atoms with E-state index in [1.165, 1.54) is 0 Å². The zero-order valence-electron chi connectivity index (χ0n) is 12.9. The van der Waals surface area contributed by atoms with Crippen LogP contribution >= 0.6 is 0 Å². The van der Waals surface area contributed by atoms with Crippen LogP contribution in [0.1, 0.15) is 39.7 Å². The lowest BCUT2D eigenvalue weighted by Gasteiger charge is -2.00. The molecule has 8 nitrogen and oxygen atoms in total. The van der Waals surface area contributed by atoms with Gasteiger partial charge in [-0.25, -0.2) is 4.98 Å². The second-order valence-corrected chi connectivity index (χ2v) is 5.76. The van der Waals surface area contributed by atoms with Crippen LogP contribution in [0.5, 0.6) is 0 Å². The van der Waals surface area contributed by atoms with Crippen molar-refractivity contribution in [2.45, 2.75) is 25.8 Å². The van der Waals surface area contributed by atoms with Crippen LogP contribution in [0.3, 0.4) is 0 Å². The summed E-state index contributed by atoms with van der Waals surface area (Å²) in [6, 6.07) is 7.15. The first kappa shape index (κ1) is 14.4. The molecule has 122 valence electrons. The summed E-state index contributed by atoms with van der Waals surface area (Å²) in [4.78, 5) is 29.1. The number of aryl methyl sites for hydroxylation is 1. The van der Waals surface area contributed by atoms with Crippen LogP contribution in [-0.2, 0) is 0 Å². The Balaban J connectivity index is 1.69.